The Hall–Kier alpha value is -1.61. The zero-order chi connectivity index (χ0) is 13.3. The molecule has 2 aromatic rings. The van der Waals surface area contributed by atoms with E-state index < -0.39 is 0 Å². The van der Waals surface area contributed by atoms with E-state index in [1.165, 1.54) is 27.9 Å². The van der Waals surface area contributed by atoms with E-state index in [9.17, 15) is 0 Å². The molecule has 1 aromatic carbocycles. The van der Waals surface area contributed by atoms with E-state index in [4.69, 9.17) is 0 Å². The third kappa shape index (κ3) is 2.18. The molecule has 0 bridgehead atoms. The lowest BCUT2D eigenvalue weighted by Crippen LogP contribution is -2.06. The molecular formula is C15H21N3. The van der Waals surface area contributed by atoms with Gasteiger partial charge in [-0.3, -0.25) is 4.68 Å². The van der Waals surface area contributed by atoms with Crippen LogP contribution in [0.4, 0.5) is 0 Å². The Kier molecular flexibility index (Phi) is 3.53. The summed E-state index contributed by atoms with van der Waals surface area (Å²) in [6, 6.07) is 6.57. The molecule has 96 valence electrons. The maximum absolute atomic E-state index is 4.60. The number of aryl methyl sites for hydroxylation is 3. The maximum Gasteiger partial charge on any atom is 0.0797 e. The van der Waals surface area contributed by atoms with Crippen LogP contribution in [0, 0.1) is 20.8 Å². The second-order valence-electron chi connectivity index (χ2n) is 4.89. The van der Waals surface area contributed by atoms with Gasteiger partial charge >= 0.3 is 0 Å². The summed E-state index contributed by atoms with van der Waals surface area (Å²) in [7, 11) is 3.97. The Labute approximate surface area is 109 Å². The number of nitrogens with one attached hydrogen (secondary N) is 1. The summed E-state index contributed by atoms with van der Waals surface area (Å²) in [6.45, 7) is 7.24. The number of hydrogen-bond acceptors (Lipinski definition) is 2. The zero-order valence-electron chi connectivity index (χ0n) is 11.8. The first-order valence-electron chi connectivity index (χ1n) is 6.29. The minimum absolute atomic E-state index is 0.810. The first-order valence-corrected chi connectivity index (χ1v) is 6.29. The summed E-state index contributed by atoms with van der Waals surface area (Å²) >= 11 is 0. The Morgan fingerprint density at radius 2 is 1.94 bits per heavy atom. The van der Waals surface area contributed by atoms with Crippen LogP contribution in [0.3, 0.4) is 0 Å². The molecule has 3 heteroatoms. The largest absolute Gasteiger partial charge is 0.314 e. The van der Waals surface area contributed by atoms with Crippen LogP contribution in [0.25, 0.3) is 11.3 Å². The average Bonchev–Trinajstić information content (AvgIpc) is 2.59. The maximum atomic E-state index is 4.60. The van der Waals surface area contributed by atoms with Gasteiger partial charge in [0.25, 0.3) is 0 Å². The average molecular weight is 243 g/mol. The van der Waals surface area contributed by atoms with Crippen molar-refractivity contribution in [1.82, 2.24) is 15.1 Å². The quantitative estimate of drug-likeness (QED) is 0.898. The first-order chi connectivity index (χ1) is 8.54. The van der Waals surface area contributed by atoms with Crippen molar-refractivity contribution >= 4 is 0 Å². The van der Waals surface area contributed by atoms with Gasteiger partial charge in [-0.05, 0) is 45.0 Å². The lowest BCUT2D eigenvalue weighted by Gasteiger charge is -2.09. The standard InChI is InChI=1S/C15H21N3/c1-10-6-7-11(2)13(8-10)15-12(3)14(9-16-4)17-18(15)5/h6-8,16H,9H2,1-5H3. The van der Waals surface area contributed by atoms with E-state index in [-0.39, 0.29) is 0 Å². The molecular weight excluding hydrogens is 222 g/mol. The summed E-state index contributed by atoms with van der Waals surface area (Å²) in [5.41, 5.74) is 7.47. The van der Waals surface area contributed by atoms with Crippen LogP contribution < -0.4 is 5.32 Å². The molecule has 18 heavy (non-hydrogen) atoms. The third-order valence-corrected chi connectivity index (χ3v) is 3.37. The van der Waals surface area contributed by atoms with E-state index in [0.29, 0.717) is 0 Å². The Balaban J connectivity index is 2.60. The van der Waals surface area contributed by atoms with Gasteiger partial charge in [-0.1, -0.05) is 17.7 Å². The third-order valence-electron chi connectivity index (χ3n) is 3.37. The molecule has 0 saturated carbocycles. The van der Waals surface area contributed by atoms with E-state index in [1.807, 2.05) is 18.8 Å². The van der Waals surface area contributed by atoms with Crippen LogP contribution in [0.5, 0.6) is 0 Å². The number of rotatable bonds is 3. The highest BCUT2D eigenvalue weighted by atomic mass is 15.3. The van der Waals surface area contributed by atoms with Gasteiger partial charge in [-0.2, -0.15) is 5.10 Å². The lowest BCUT2D eigenvalue weighted by molar-refractivity contribution is 0.715. The van der Waals surface area contributed by atoms with Crippen molar-refractivity contribution in [2.24, 2.45) is 7.05 Å². The second kappa shape index (κ2) is 4.94. The monoisotopic (exact) mass is 243 g/mol. The molecule has 0 aliphatic rings. The molecule has 0 spiro atoms. The van der Waals surface area contributed by atoms with Crippen LogP contribution in [0.2, 0.25) is 0 Å². The molecule has 0 amide bonds. The summed E-state index contributed by atoms with van der Waals surface area (Å²) in [4.78, 5) is 0. The number of hydrogen-bond donors (Lipinski definition) is 1. The molecule has 0 aliphatic heterocycles. The van der Waals surface area contributed by atoms with Gasteiger partial charge in [0.2, 0.25) is 0 Å². The van der Waals surface area contributed by atoms with Crippen molar-refractivity contribution in [2.75, 3.05) is 7.05 Å². The number of benzene rings is 1. The highest BCUT2D eigenvalue weighted by Gasteiger charge is 2.15. The van der Waals surface area contributed by atoms with Crippen LogP contribution in [0.1, 0.15) is 22.4 Å². The molecule has 1 heterocycles. The molecule has 0 saturated heterocycles. The molecule has 3 nitrogen and oxygen atoms in total. The Morgan fingerprint density at radius 1 is 1.22 bits per heavy atom. The fourth-order valence-corrected chi connectivity index (χ4v) is 2.39. The molecule has 1 N–H and O–H groups in total. The van der Waals surface area contributed by atoms with E-state index in [1.54, 1.807) is 0 Å². The van der Waals surface area contributed by atoms with Gasteiger partial charge in [-0.15, -0.1) is 0 Å². The van der Waals surface area contributed by atoms with Crippen molar-refractivity contribution in [1.29, 1.82) is 0 Å². The Morgan fingerprint density at radius 3 is 2.61 bits per heavy atom. The second-order valence-corrected chi connectivity index (χ2v) is 4.89. The van der Waals surface area contributed by atoms with E-state index in [0.717, 1.165) is 12.2 Å². The van der Waals surface area contributed by atoms with Gasteiger partial charge in [0.15, 0.2) is 0 Å². The lowest BCUT2D eigenvalue weighted by atomic mass is 9.99. The van der Waals surface area contributed by atoms with Gasteiger partial charge in [0, 0.05) is 19.2 Å². The van der Waals surface area contributed by atoms with Crippen molar-refractivity contribution in [3.05, 3.63) is 40.6 Å². The van der Waals surface area contributed by atoms with Crippen LogP contribution in [-0.2, 0) is 13.6 Å². The molecule has 0 atom stereocenters. The summed E-state index contributed by atoms with van der Waals surface area (Å²) in [6.07, 6.45) is 0. The van der Waals surface area contributed by atoms with Crippen molar-refractivity contribution in [3.63, 3.8) is 0 Å². The molecule has 0 fully saturated rings. The van der Waals surface area contributed by atoms with Gasteiger partial charge in [0.1, 0.15) is 0 Å². The molecule has 1 aromatic heterocycles. The predicted octanol–water partition coefficient (Wildman–Crippen LogP) is 2.73. The molecule has 0 radical (unpaired) electrons. The normalized spacial score (nSPS) is 10.9. The Bertz CT molecular complexity index is 567. The van der Waals surface area contributed by atoms with Gasteiger partial charge < -0.3 is 5.32 Å². The zero-order valence-corrected chi connectivity index (χ0v) is 11.8. The minimum atomic E-state index is 0.810. The SMILES string of the molecule is CNCc1nn(C)c(-c2cc(C)ccc2C)c1C. The van der Waals surface area contributed by atoms with Gasteiger partial charge in [-0.25, -0.2) is 0 Å². The highest BCUT2D eigenvalue weighted by molar-refractivity contribution is 5.68. The number of aromatic nitrogens is 2. The fourth-order valence-electron chi connectivity index (χ4n) is 2.39. The van der Waals surface area contributed by atoms with E-state index in [2.05, 4.69) is 49.4 Å². The summed E-state index contributed by atoms with van der Waals surface area (Å²) < 4.78 is 1.99. The summed E-state index contributed by atoms with van der Waals surface area (Å²) in [5, 5.41) is 7.77. The van der Waals surface area contributed by atoms with Crippen molar-refractivity contribution in [2.45, 2.75) is 27.3 Å². The molecule has 0 unspecified atom stereocenters. The first kappa shape index (κ1) is 12.8. The van der Waals surface area contributed by atoms with Gasteiger partial charge in [0.05, 0.1) is 11.4 Å². The van der Waals surface area contributed by atoms with Crippen molar-refractivity contribution < 1.29 is 0 Å². The van der Waals surface area contributed by atoms with E-state index >= 15 is 0 Å². The number of nitrogens with zero attached hydrogens (tertiary/aromatic N) is 2. The van der Waals surface area contributed by atoms with Crippen LogP contribution in [-0.4, -0.2) is 16.8 Å². The summed E-state index contributed by atoms with van der Waals surface area (Å²) in [5.74, 6) is 0. The van der Waals surface area contributed by atoms with Crippen LogP contribution in [0.15, 0.2) is 18.2 Å². The highest BCUT2D eigenvalue weighted by Crippen LogP contribution is 2.28. The smallest absolute Gasteiger partial charge is 0.0797 e. The predicted molar refractivity (Wildman–Crippen MR) is 75.6 cm³/mol. The van der Waals surface area contributed by atoms with Crippen molar-refractivity contribution in [3.8, 4) is 11.3 Å². The topological polar surface area (TPSA) is 29.9 Å². The van der Waals surface area contributed by atoms with Crippen LogP contribution >= 0.6 is 0 Å². The molecule has 0 aliphatic carbocycles. The fraction of sp³-hybridized carbons (Fsp3) is 0.400. The minimum Gasteiger partial charge on any atom is -0.314 e. The molecule has 2 rings (SSSR count).